The maximum atomic E-state index is 10.0. The van der Waals surface area contributed by atoms with Crippen LogP contribution < -0.4 is 0 Å². The van der Waals surface area contributed by atoms with Crippen LogP contribution in [0.4, 0.5) is 0 Å². The van der Waals surface area contributed by atoms with Crippen molar-refractivity contribution in [2.45, 2.75) is 115 Å². The lowest BCUT2D eigenvalue weighted by molar-refractivity contribution is -0.0730. The Morgan fingerprint density at radius 2 is 1.50 bits per heavy atom. The van der Waals surface area contributed by atoms with Crippen molar-refractivity contribution in [2.24, 2.45) is 0 Å². The minimum Gasteiger partial charge on any atom is -0.394 e. The molecule has 166 valence electrons. The van der Waals surface area contributed by atoms with Crippen molar-refractivity contribution in [1.29, 1.82) is 0 Å². The lowest BCUT2D eigenvalue weighted by Crippen LogP contribution is -2.41. The van der Waals surface area contributed by atoms with Crippen LogP contribution in [0.2, 0.25) is 0 Å². The van der Waals surface area contributed by atoms with Crippen molar-refractivity contribution in [1.82, 2.24) is 0 Å². The first kappa shape index (κ1) is 25.6. The number of unbranched alkanes of at least 4 members (excludes halogenated alkanes) is 11. The number of ether oxygens (including phenoxy) is 2. The summed E-state index contributed by atoms with van der Waals surface area (Å²) in [7, 11) is 0. The van der Waals surface area contributed by atoms with Crippen LogP contribution in [-0.2, 0) is 9.47 Å². The topological polar surface area (TPSA) is 79.2 Å². The van der Waals surface area contributed by atoms with E-state index in [-0.39, 0.29) is 6.61 Å². The summed E-state index contributed by atoms with van der Waals surface area (Å²) in [5.74, 6) is 0. The number of hydrogen-bond donors (Lipinski definition) is 3. The summed E-state index contributed by atoms with van der Waals surface area (Å²) in [6.45, 7) is 2.71. The Bertz CT molecular complexity index is 374. The molecule has 0 bridgehead atoms. The minimum atomic E-state index is -1.05. The largest absolute Gasteiger partial charge is 0.394 e. The quantitative estimate of drug-likeness (QED) is 0.238. The zero-order valence-corrected chi connectivity index (χ0v) is 17.9. The van der Waals surface area contributed by atoms with Gasteiger partial charge in [-0.1, -0.05) is 70.4 Å². The molecule has 28 heavy (non-hydrogen) atoms. The smallest absolute Gasteiger partial charge is 0.114 e. The van der Waals surface area contributed by atoms with Crippen LogP contribution in [0.1, 0.15) is 90.4 Å². The average Bonchev–Trinajstić information content (AvgIpc) is 3.07. The van der Waals surface area contributed by atoms with Crippen LogP contribution in [0.5, 0.6) is 0 Å². The molecule has 0 spiro atoms. The van der Waals surface area contributed by atoms with Gasteiger partial charge in [0.05, 0.1) is 13.2 Å². The maximum absolute atomic E-state index is 10.0. The Kier molecular flexibility index (Phi) is 15.9. The van der Waals surface area contributed by atoms with Crippen molar-refractivity contribution >= 4 is 0 Å². The van der Waals surface area contributed by atoms with Crippen LogP contribution in [-0.4, -0.2) is 59.6 Å². The third-order valence-electron chi connectivity index (χ3n) is 5.47. The molecule has 0 saturated carbocycles. The molecule has 1 saturated heterocycles. The van der Waals surface area contributed by atoms with E-state index >= 15 is 0 Å². The van der Waals surface area contributed by atoms with Crippen LogP contribution in [0.25, 0.3) is 0 Å². The van der Waals surface area contributed by atoms with Gasteiger partial charge in [-0.05, 0) is 32.1 Å². The molecular formula is C23H44O5. The third kappa shape index (κ3) is 11.5. The Hall–Kier alpha value is -0.460. The van der Waals surface area contributed by atoms with E-state index in [0.717, 1.165) is 25.7 Å². The van der Waals surface area contributed by atoms with Crippen LogP contribution in [0.15, 0.2) is 12.2 Å². The first-order valence-corrected chi connectivity index (χ1v) is 11.6. The SMILES string of the molecule is CCCCCCCCCC/C=C/CCCCCO[C@H]1CO[C@@H]([C@H](O)CO)[C@H]1O. The first-order chi connectivity index (χ1) is 13.7. The lowest BCUT2D eigenvalue weighted by Gasteiger charge is -2.20. The van der Waals surface area contributed by atoms with Crippen molar-refractivity contribution in [3.8, 4) is 0 Å². The van der Waals surface area contributed by atoms with Crippen LogP contribution in [0, 0.1) is 0 Å². The van der Waals surface area contributed by atoms with Gasteiger partial charge in [-0.25, -0.2) is 0 Å². The van der Waals surface area contributed by atoms with Gasteiger partial charge in [0.1, 0.15) is 24.4 Å². The summed E-state index contributed by atoms with van der Waals surface area (Å²) in [6, 6.07) is 0. The highest BCUT2D eigenvalue weighted by molar-refractivity contribution is 4.88. The Morgan fingerprint density at radius 3 is 2.11 bits per heavy atom. The second kappa shape index (κ2) is 17.4. The average molecular weight is 401 g/mol. The van der Waals surface area contributed by atoms with E-state index in [4.69, 9.17) is 14.6 Å². The second-order valence-electron chi connectivity index (χ2n) is 8.03. The molecule has 0 amide bonds. The highest BCUT2D eigenvalue weighted by atomic mass is 16.6. The standard InChI is InChI=1S/C23H44O5/c1-2-3-4-5-6-7-8-9-10-11-12-13-14-15-16-17-27-21-19-28-23(22(21)26)20(25)18-24/h11-12,20-26H,2-10,13-19H2,1H3/b12-11+/t20-,21+,22+,23+/m1/s1. The van der Waals surface area contributed by atoms with E-state index < -0.39 is 31.0 Å². The molecule has 1 aliphatic rings. The molecule has 3 N–H and O–H groups in total. The van der Waals surface area contributed by atoms with Crippen molar-refractivity contribution in [3.63, 3.8) is 0 Å². The number of aliphatic hydroxyl groups is 3. The summed E-state index contributed by atoms with van der Waals surface area (Å²) in [4.78, 5) is 0. The fourth-order valence-electron chi connectivity index (χ4n) is 3.61. The Labute approximate surface area is 172 Å². The molecule has 0 unspecified atom stereocenters. The minimum absolute atomic E-state index is 0.268. The van der Waals surface area contributed by atoms with Gasteiger partial charge < -0.3 is 24.8 Å². The summed E-state index contributed by atoms with van der Waals surface area (Å²) in [5, 5.41) is 28.5. The second-order valence-corrected chi connectivity index (χ2v) is 8.03. The zero-order chi connectivity index (χ0) is 20.5. The van der Waals surface area contributed by atoms with Gasteiger partial charge in [0.2, 0.25) is 0 Å². The van der Waals surface area contributed by atoms with E-state index in [0.29, 0.717) is 6.61 Å². The van der Waals surface area contributed by atoms with Gasteiger partial charge in [-0.15, -0.1) is 0 Å². The van der Waals surface area contributed by atoms with Gasteiger partial charge in [0.15, 0.2) is 0 Å². The van der Waals surface area contributed by atoms with Crippen molar-refractivity contribution in [3.05, 3.63) is 12.2 Å². The van der Waals surface area contributed by atoms with E-state index in [1.165, 1.54) is 57.8 Å². The number of aliphatic hydroxyl groups excluding tert-OH is 3. The fraction of sp³-hybridized carbons (Fsp3) is 0.913. The molecule has 0 radical (unpaired) electrons. The molecule has 1 fully saturated rings. The van der Waals surface area contributed by atoms with E-state index in [1.54, 1.807) is 0 Å². The van der Waals surface area contributed by atoms with E-state index in [9.17, 15) is 10.2 Å². The van der Waals surface area contributed by atoms with Gasteiger partial charge in [-0.2, -0.15) is 0 Å². The fourth-order valence-corrected chi connectivity index (χ4v) is 3.61. The number of hydrogen-bond acceptors (Lipinski definition) is 5. The summed E-state index contributed by atoms with van der Waals surface area (Å²) < 4.78 is 11.0. The van der Waals surface area contributed by atoms with Gasteiger partial charge in [-0.3, -0.25) is 0 Å². The van der Waals surface area contributed by atoms with Crippen LogP contribution >= 0.6 is 0 Å². The summed E-state index contributed by atoms with van der Waals surface area (Å²) >= 11 is 0. The van der Waals surface area contributed by atoms with Gasteiger partial charge >= 0.3 is 0 Å². The number of rotatable bonds is 18. The Balaban J connectivity index is 1.86. The predicted octanol–water partition coefficient (Wildman–Crippen LogP) is 4.13. The summed E-state index contributed by atoms with van der Waals surface area (Å²) in [6.07, 6.45) is 18.1. The summed E-state index contributed by atoms with van der Waals surface area (Å²) in [5.41, 5.74) is 0. The first-order valence-electron chi connectivity index (χ1n) is 11.6. The predicted molar refractivity (Wildman–Crippen MR) is 113 cm³/mol. The highest BCUT2D eigenvalue weighted by Gasteiger charge is 2.40. The van der Waals surface area contributed by atoms with Crippen molar-refractivity contribution < 1.29 is 24.8 Å². The van der Waals surface area contributed by atoms with E-state index in [1.807, 2.05) is 0 Å². The highest BCUT2D eigenvalue weighted by Crippen LogP contribution is 2.20. The van der Waals surface area contributed by atoms with E-state index in [2.05, 4.69) is 19.1 Å². The molecular weight excluding hydrogens is 356 g/mol. The van der Waals surface area contributed by atoms with Crippen LogP contribution in [0.3, 0.4) is 0 Å². The third-order valence-corrected chi connectivity index (χ3v) is 5.47. The molecule has 1 heterocycles. The maximum Gasteiger partial charge on any atom is 0.114 e. The molecule has 1 rings (SSSR count). The molecule has 0 aromatic rings. The monoisotopic (exact) mass is 400 g/mol. The number of allylic oxidation sites excluding steroid dienone is 2. The molecule has 1 aliphatic heterocycles. The molecule has 0 aliphatic carbocycles. The Morgan fingerprint density at radius 1 is 0.929 bits per heavy atom. The molecule has 5 nitrogen and oxygen atoms in total. The van der Waals surface area contributed by atoms with Crippen molar-refractivity contribution in [2.75, 3.05) is 19.8 Å². The molecule has 0 aromatic heterocycles. The van der Waals surface area contributed by atoms with Gasteiger partial charge in [0.25, 0.3) is 0 Å². The lowest BCUT2D eigenvalue weighted by atomic mass is 10.1. The molecule has 4 atom stereocenters. The van der Waals surface area contributed by atoms with Gasteiger partial charge in [0, 0.05) is 6.61 Å². The zero-order valence-electron chi connectivity index (χ0n) is 17.9. The normalized spacial score (nSPS) is 23.6. The molecule has 5 heteroatoms. The molecule has 0 aromatic carbocycles.